The number of aliphatic hydroxyl groups excluding tert-OH is 1. The minimum Gasteiger partial charge on any atom is -0.394 e. The maximum atomic E-state index is 12.2. The summed E-state index contributed by atoms with van der Waals surface area (Å²) in [6, 6.07) is 4.55. The standard InChI is InChI=1S/C20H26Cl2N2O4/c21-14-8-13(9-15(22)10-14)19(26)23-7-6-16-4-5-17(18(11-25)28-16)24-20(27)12-2-1-3-12/h8-10,12,16-18,25H,1-7,11H2,(H,23,26)(H,24,27)/t16-,17+,18-/m1/s1. The van der Waals surface area contributed by atoms with Gasteiger partial charge in [0.25, 0.3) is 5.91 Å². The van der Waals surface area contributed by atoms with Gasteiger partial charge in [-0.3, -0.25) is 9.59 Å². The molecule has 1 aromatic carbocycles. The molecule has 1 saturated carbocycles. The Hall–Kier alpha value is -1.34. The summed E-state index contributed by atoms with van der Waals surface area (Å²) in [7, 11) is 0. The lowest BCUT2D eigenvalue weighted by Crippen LogP contribution is -2.53. The number of nitrogens with one attached hydrogen (secondary N) is 2. The molecule has 8 heteroatoms. The fourth-order valence-corrected chi connectivity index (χ4v) is 4.14. The first kappa shape index (κ1) is 21.4. The van der Waals surface area contributed by atoms with E-state index in [1.165, 1.54) is 0 Å². The summed E-state index contributed by atoms with van der Waals surface area (Å²) in [6.07, 6.45) is 4.67. The van der Waals surface area contributed by atoms with E-state index in [-0.39, 0.29) is 36.5 Å². The average Bonchev–Trinajstić information content (AvgIpc) is 2.60. The number of benzene rings is 1. The zero-order valence-corrected chi connectivity index (χ0v) is 17.1. The number of hydrogen-bond donors (Lipinski definition) is 3. The van der Waals surface area contributed by atoms with E-state index in [9.17, 15) is 14.7 Å². The molecule has 2 amide bonds. The average molecular weight is 429 g/mol. The zero-order chi connectivity index (χ0) is 20.1. The van der Waals surface area contributed by atoms with Crippen molar-refractivity contribution in [2.75, 3.05) is 13.2 Å². The van der Waals surface area contributed by atoms with E-state index >= 15 is 0 Å². The van der Waals surface area contributed by atoms with Gasteiger partial charge < -0.3 is 20.5 Å². The molecule has 6 nitrogen and oxygen atoms in total. The summed E-state index contributed by atoms with van der Waals surface area (Å²) in [6.45, 7) is 0.296. The highest BCUT2D eigenvalue weighted by atomic mass is 35.5. The molecule has 2 aliphatic rings. The number of carbonyl (C=O) groups excluding carboxylic acids is 2. The molecule has 2 fully saturated rings. The Balaban J connectivity index is 1.43. The van der Waals surface area contributed by atoms with Gasteiger partial charge in [0.05, 0.1) is 18.8 Å². The highest BCUT2D eigenvalue weighted by molar-refractivity contribution is 6.35. The second-order valence-electron chi connectivity index (χ2n) is 7.50. The van der Waals surface area contributed by atoms with Gasteiger partial charge in [0.2, 0.25) is 5.91 Å². The molecule has 28 heavy (non-hydrogen) atoms. The number of aliphatic hydroxyl groups is 1. The lowest BCUT2D eigenvalue weighted by atomic mass is 9.84. The van der Waals surface area contributed by atoms with Gasteiger partial charge in [-0.1, -0.05) is 29.6 Å². The Bertz CT molecular complexity index is 691. The molecule has 0 radical (unpaired) electrons. The van der Waals surface area contributed by atoms with E-state index in [1.807, 2.05) is 0 Å². The molecule has 1 aromatic rings. The fraction of sp³-hybridized carbons (Fsp3) is 0.600. The number of amides is 2. The topological polar surface area (TPSA) is 87.7 Å². The fourth-order valence-electron chi connectivity index (χ4n) is 3.61. The van der Waals surface area contributed by atoms with Crippen LogP contribution in [0.3, 0.4) is 0 Å². The highest BCUT2D eigenvalue weighted by Crippen LogP contribution is 2.28. The molecule has 154 valence electrons. The van der Waals surface area contributed by atoms with Crippen LogP contribution in [0, 0.1) is 5.92 Å². The monoisotopic (exact) mass is 428 g/mol. The third kappa shape index (κ3) is 5.60. The normalized spacial score (nSPS) is 25.0. The van der Waals surface area contributed by atoms with Crippen LogP contribution in [0.5, 0.6) is 0 Å². The van der Waals surface area contributed by atoms with E-state index in [4.69, 9.17) is 27.9 Å². The Morgan fingerprint density at radius 3 is 2.43 bits per heavy atom. The van der Waals surface area contributed by atoms with Gasteiger partial charge in [-0.25, -0.2) is 0 Å². The van der Waals surface area contributed by atoms with Gasteiger partial charge in [0.1, 0.15) is 6.10 Å². The van der Waals surface area contributed by atoms with Crippen molar-refractivity contribution in [2.45, 2.75) is 56.8 Å². The van der Waals surface area contributed by atoms with Crippen LogP contribution in [0.25, 0.3) is 0 Å². The first-order valence-corrected chi connectivity index (χ1v) is 10.5. The van der Waals surface area contributed by atoms with Gasteiger partial charge in [-0.15, -0.1) is 0 Å². The Morgan fingerprint density at radius 1 is 1.11 bits per heavy atom. The quantitative estimate of drug-likeness (QED) is 0.622. The van der Waals surface area contributed by atoms with E-state index < -0.39 is 6.10 Å². The maximum Gasteiger partial charge on any atom is 0.251 e. The van der Waals surface area contributed by atoms with Crippen LogP contribution in [-0.4, -0.2) is 48.3 Å². The van der Waals surface area contributed by atoms with Crippen molar-refractivity contribution >= 4 is 35.0 Å². The number of halogens is 2. The van der Waals surface area contributed by atoms with Crippen molar-refractivity contribution in [3.8, 4) is 0 Å². The van der Waals surface area contributed by atoms with E-state index in [0.717, 1.165) is 32.1 Å². The molecule has 3 atom stereocenters. The number of hydrogen-bond acceptors (Lipinski definition) is 4. The summed E-state index contributed by atoms with van der Waals surface area (Å²) in [4.78, 5) is 24.4. The third-order valence-electron chi connectivity index (χ3n) is 5.48. The number of carbonyl (C=O) groups is 2. The SMILES string of the molecule is O=C(NCC[C@H]1CC[C@H](NC(=O)C2CCC2)[C@@H](CO)O1)c1cc(Cl)cc(Cl)c1. The molecule has 3 rings (SSSR count). The highest BCUT2D eigenvalue weighted by Gasteiger charge is 2.34. The number of ether oxygens (including phenoxy) is 1. The summed E-state index contributed by atoms with van der Waals surface area (Å²) in [5.41, 5.74) is 0.411. The second kappa shape index (κ2) is 9.92. The Kier molecular flexibility index (Phi) is 7.57. The molecule has 3 N–H and O–H groups in total. The first-order chi connectivity index (χ1) is 13.5. The van der Waals surface area contributed by atoms with Crippen molar-refractivity contribution in [1.82, 2.24) is 10.6 Å². The number of rotatable bonds is 7. The molecule has 1 aliphatic carbocycles. The second-order valence-corrected chi connectivity index (χ2v) is 8.37. The van der Waals surface area contributed by atoms with Crippen molar-refractivity contribution in [2.24, 2.45) is 5.92 Å². The van der Waals surface area contributed by atoms with Crippen LogP contribution >= 0.6 is 23.2 Å². The summed E-state index contributed by atoms with van der Waals surface area (Å²) < 4.78 is 5.95. The smallest absolute Gasteiger partial charge is 0.251 e. The molecule has 1 saturated heterocycles. The first-order valence-electron chi connectivity index (χ1n) is 9.77. The van der Waals surface area contributed by atoms with Crippen molar-refractivity contribution < 1.29 is 19.4 Å². The van der Waals surface area contributed by atoms with Crippen LogP contribution in [0.2, 0.25) is 10.0 Å². The lowest BCUT2D eigenvalue weighted by molar-refractivity contribution is -0.134. The zero-order valence-electron chi connectivity index (χ0n) is 15.6. The third-order valence-corrected chi connectivity index (χ3v) is 5.91. The summed E-state index contributed by atoms with van der Waals surface area (Å²) in [5, 5.41) is 16.3. The van der Waals surface area contributed by atoms with E-state index in [1.54, 1.807) is 18.2 Å². The lowest BCUT2D eigenvalue weighted by Gasteiger charge is -2.37. The van der Waals surface area contributed by atoms with Gasteiger partial charge in [0, 0.05) is 28.1 Å². The molecular formula is C20H26Cl2N2O4. The predicted octanol–water partition coefficient (Wildman–Crippen LogP) is 2.94. The van der Waals surface area contributed by atoms with Crippen LogP contribution < -0.4 is 10.6 Å². The summed E-state index contributed by atoms with van der Waals surface area (Å²) >= 11 is 11.9. The molecule has 0 spiro atoms. The van der Waals surface area contributed by atoms with Gasteiger partial charge in [-0.2, -0.15) is 0 Å². The van der Waals surface area contributed by atoms with Crippen LogP contribution in [0.15, 0.2) is 18.2 Å². The molecule has 0 unspecified atom stereocenters. The molecule has 0 bridgehead atoms. The Morgan fingerprint density at radius 2 is 1.82 bits per heavy atom. The van der Waals surface area contributed by atoms with Gasteiger partial charge in [0.15, 0.2) is 0 Å². The minimum atomic E-state index is -0.412. The van der Waals surface area contributed by atoms with Crippen molar-refractivity contribution in [1.29, 1.82) is 0 Å². The maximum absolute atomic E-state index is 12.2. The molecule has 1 heterocycles. The van der Waals surface area contributed by atoms with Crippen molar-refractivity contribution in [3.05, 3.63) is 33.8 Å². The molecular weight excluding hydrogens is 403 g/mol. The largest absolute Gasteiger partial charge is 0.394 e. The predicted molar refractivity (Wildman–Crippen MR) is 108 cm³/mol. The van der Waals surface area contributed by atoms with Crippen molar-refractivity contribution in [3.63, 3.8) is 0 Å². The van der Waals surface area contributed by atoms with Gasteiger partial charge >= 0.3 is 0 Å². The molecule has 0 aromatic heterocycles. The van der Waals surface area contributed by atoms with Crippen LogP contribution in [0.4, 0.5) is 0 Å². The van der Waals surface area contributed by atoms with E-state index in [0.29, 0.717) is 28.6 Å². The van der Waals surface area contributed by atoms with E-state index in [2.05, 4.69) is 10.6 Å². The van der Waals surface area contributed by atoms with Crippen LogP contribution in [-0.2, 0) is 9.53 Å². The summed E-state index contributed by atoms with van der Waals surface area (Å²) in [5.74, 6) is -0.0546. The Labute approximate surface area is 174 Å². The van der Waals surface area contributed by atoms with Gasteiger partial charge in [-0.05, 0) is 50.3 Å². The van der Waals surface area contributed by atoms with Crippen LogP contribution in [0.1, 0.15) is 48.9 Å². The molecule has 1 aliphatic heterocycles. The minimum absolute atomic E-state index is 0.0720.